The number of para-hydroxylation sites is 1. The van der Waals surface area contributed by atoms with Crippen molar-refractivity contribution in [1.29, 1.82) is 0 Å². The second-order valence-electron chi connectivity index (χ2n) is 4.49. The number of guanidine groups is 1. The highest BCUT2D eigenvalue weighted by Gasteiger charge is 2.04. The van der Waals surface area contributed by atoms with Crippen LogP contribution in [-0.2, 0) is 0 Å². The number of hydrazine groups is 1. The number of nitrogens with one attached hydrogen (secondary N) is 1. The molecule has 1 rings (SSSR count). The van der Waals surface area contributed by atoms with Gasteiger partial charge in [0.15, 0.2) is 0 Å². The Labute approximate surface area is 109 Å². The van der Waals surface area contributed by atoms with Crippen molar-refractivity contribution in [2.45, 2.75) is 6.42 Å². The van der Waals surface area contributed by atoms with E-state index >= 15 is 0 Å². The van der Waals surface area contributed by atoms with Gasteiger partial charge in [0, 0.05) is 13.6 Å². The molecule has 0 spiro atoms. The van der Waals surface area contributed by atoms with Gasteiger partial charge < -0.3 is 9.80 Å². The molecular formula is C13H23N5. The molecule has 5 heteroatoms. The van der Waals surface area contributed by atoms with Crippen molar-refractivity contribution in [3.05, 3.63) is 30.3 Å². The van der Waals surface area contributed by atoms with Gasteiger partial charge >= 0.3 is 0 Å². The lowest BCUT2D eigenvalue weighted by atomic mass is 10.3. The maximum atomic E-state index is 5.52. The Morgan fingerprint density at radius 1 is 1.17 bits per heavy atom. The molecule has 100 valence electrons. The van der Waals surface area contributed by atoms with Crippen LogP contribution in [0.2, 0.25) is 0 Å². The van der Waals surface area contributed by atoms with Gasteiger partial charge in [0.2, 0.25) is 5.96 Å². The Balaban J connectivity index is 2.57. The second kappa shape index (κ2) is 7.68. The number of benzene rings is 1. The van der Waals surface area contributed by atoms with Crippen molar-refractivity contribution in [1.82, 2.24) is 15.2 Å². The van der Waals surface area contributed by atoms with Gasteiger partial charge in [-0.05, 0) is 39.2 Å². The predicted octanol–water partition coefficient (Wildman–Crippen LogP) is 1.02. The van der Waals surface area contributed by atoms with Crippen molar-refractivity contribution in [3.63, 3.8) is 0 Å². The first-order chi connectivity index (χ1) is 8.63. The number of nitrogens with two attached hydrogens (primary N) is 1. The summed E-state index contributed by atoms with van der Waals surface area (Å²) in [6.45, 7) is 1.96. The summed E-state index contributed by atoms with van der Waals surface area (Å²) in [6.07, 6.45) is 1.07. The third-order valence-electron chi connectivity index (χ3n) is 2.58. The van der Waals surface area contributed by atoms with E-state index in [1.165, 1.54) is 0 Å². The zero-order valence-electron chi connectivity index (χ0n) is 11.4. The van der Waals surface area contributed by atoms with Gasteiger partial charge in [-0.3, -0.25) is 5.43 Å². The Kier molecular flexibility index (Phi) is 6.18. The van der Waals surface area contributed by atoms with Crippen molar-refractivity contribution < 1.29 is 0 Å². The van der Waals surface area contributed by atoms with Crippen LogP contribution in [0.1, 0.15) is 6.42 Å². The van der Waals surface area contributed by atoms with E-state index in [0.29, 0.717) is 5.96 Å². The fourth-order valence-electron chi connectivity index (χ4n) is 1.58. The number of nitrogens with zero attached hydrogens (tertiary/aromatic N) is 3. The van der Waals surface area contributed by atoms with Crippen molar-refractivity contribution in [2.75, 3.05) is 34.2 Å². The summed E-state index contributed by atoms with van der Waals surface area (Å²) in [4.78, 5) is 8.66. The highest BCUT2D eigenvalue weighted by atomic mass is 15.4. The molecule has 5 nitrogen and oxygen atoms in total. The molecule has 0 bridgehead atoms. The largest absolute Gasteiger partial charge is 0.345 e. The topological polar surface area (TPSA) is 56.9 Å². The highest BCUT2D eigenvalue weighted by molar-refractivity contribution is 5.81. The van der Waals surface area contributed by atoms with Gasteiger partial charge in [0.1, 0.15) is 0 Å². The molecule has 0 saturated heterocycles. The fourth-order valence-corrected chi connectivity index (χ4v) is 1.58. The minimum absolute atomic E-state index is 0.681. The quantitative estimate of drug-likeness (QED) is 0.354. The van der Waals surface area contributed by atoms with E-state index in [1.54, 1.807) is 0 Å². The van der Waals surface area contributed by atoms with Crippen LogP contribution in [0.15, 0.2) is 35.3 Å². The summed E-state index contributed by atoms with van der Waals surface area (Å²) in [5.74, 6) is 6.20. The molecule has 0 saturated carbocycles. The first kappa shape index (κ1) is 14.5. The van der Waals surface area contributed by atoms with Gasteiger partial charge in [-0.15, -0.1) is 0 Å². The molecule has 0 radical (unpaired) electrons. The SMILES string of the molecule is CN(C)CCCN(C)C(=Nc1ccccc1)NN. The standard InChI is InChI=1S/C13H23N5/c1-17(2)10-7-11-18(3)13(16-14)15-12-8-5-4-6-9-12/h4-6,8-9H,7,10-11,14H2,1-3H3,(H,15,16). The molecule has 0 atom stereocenters. The van der Waals surface area contributed by atoms with E-state index in [9.17, 15) is 0 Å². The molecule has 18 heavy (non-hydrogen) atoms. The monoisotopic (exact) mass is 249 g/mol. The second-order valence-corrected chi connectivity index (χ2v) is 4.49. The number of hydrogen-bond donors (Lipinski definition) is 2. The molecule has 0 aliphatic rings. The van der Waals surface area contributed by atoms with Gasteiger partial charge in [0.25, 0.3) is 0 Å². The predicted molar refractivity (Wildman–Crippen MR) is 76.7 cm³/mol. The normalized spacial score (nSPS) is 11.7. The van der Waals surface area contributed by atoms with Crippen LogP contribution < -0.4 is 11.3 Å². The van der Waals surface area contributed by atoms with Crippen LogP contribution >= 0.6 is 0 Å². The Bertz CT molecular complexity index is 361. The van der Waals surface area contributed by atoms with E-state index in [1.807, 2.05) is 42.3 Å². The minimum Gasteiger partial charge on any atom is -0.345 e. The first-order valence-corrected chi connectivity index (χ1v) is 6.09. The summed E-state index contributed by atoms with van der Waals surface area (Å²) in [5, 5.41) is 0. The average Bonchev–Trinajstić information content (AvgIpc) is 2.36. The Morgan fingerprint density at radius 2 is 1.83 bits per heavy atom. The fraction of sp³-hybridized carbons (Fsp3) is 0.462. The molecule has 0 fully saturated rings. The molecule has 1 aromatic carbocycles. The third-order valence-corrected chi connectivity index (χ3v) is 2.58. The molecule has 0 heterocycles. The van der Waals surface area contributed by atoms with E-state index in [2.05, 4.69) is 29.4 Å². The average molecular weight is 249 g/mol. The zero-order valence-corrected chi connectivity index (χ0v) is 11.4. The van der Waals surface area contributed by atoms with Crippen molar-refractivity contribution in [3.8, 4) is 0 Å². The lowest BCUT2D eigenvalue weighted by molar-refractivity contribution is 0.366. The summed E-state index contributed by atoms with van der Waals surface area (Å²) < 4.78 is 0. The van der Waals surface area contributed by atoms with Gasteiger partial charge in [0.05, 0.1) is 5.69 Å². The molecular weight excluding hydrogens is 226 g/mol. The van der Waals surface area contributed by atoms with Crippen LogP contribution in [0.4, 0.5) is 5.69 Å². The maximum Gasteiger partial charge on any atom is 0.213 e. The summed E-state index contributed by atoms with van der Waals surface area (Å²) >= 11 is 0. The van der Waals surface area contributed by atoms with Crippen LogP contribution in [0.3, 0.4) is 0 Å². The summed E-state index contributed by atoms with van der Waals surface area (Å²) in [5.41, 5.74) is 3.54. The first-order valence-electron chi connectivity index (χ1n) is 6.09. The lowest BCUT2D eigenvalue weighted by Gasteiger charge is -2.21. The van der Waals surface area contributed by atoms with Gasteiger partial charge in [-0.2, -0.15) is 0 Å². The van der Waals surface area contributed by atoms with E-state index in [4.69, 9.17) is 5.84 Å². The molecule has 0 unspecified atom stereocenters. The van der Waals surface area contributed by atoms with Crippen LogP contribution in [0, 0.1) is 0 Å². The smallest absolute Gasteiger partial charge is 0.213 e. The highest BCUT2D eigenvalue weighted by Crippen LogP contribution is 2.10. The minimum atomic E-state index is 0.681. The van der Waals surface area contributed by atoms with Gasteiger partial charge in [-0.1, -0.05) is 18.2 Å². The summed E-state index contributed by atoms with van der Waals surface area (Å²) in [6, 6.07) is 9.78. The Morgan fingerprint density at radius 3 is 2.39 bits per heavy atom. The molecule has 1 aromatic rings. The molecule has 0 amide bonds. The van der Waals surface area contributed by atoms with E-state index < -0.39 is 0 Å². The lowest BCUT2D eigenvalue weighted by Crippen LogP contribution is -2.43. The van der Waals surface area contributed by atoms with Crippen molar-refractivity contribution >= 4 is 11.6 Å². The molecule has 0 aromatic heterocycles. The maximum absolute atomic E-state index is 5.52. The van der Waals surface area contributed by atoms with Gasteiger partial charge in [-0.25, -0.2) is 10.8 Å². The number of aliphatic imine (C=N–C) groups is 1. The van der Waals surface area contributed by atoms with E-state index in [0.717, 1.165) is 25.2 Å². The molecule has 0 aliphatic carbocycles. The Hall–Kier alpha value is -1.59. The number of rotatable bonds is 5. The molecule has 0 aliphatic heterocycles. The number of hydrogen-bond acceptors (Lipinski definition) is 3. The van der Waals surface area contributed by atoms with Crippen LogP contribution in [0.25, 0.3) is 0 Å². The third kappa shape index (κ3) is 5.16. The zero-order chi connectivity index (χ0) is 13.4. The molecule has 3 N–H and O–H groups in total. The van der Waals surface area contributed by atoms with E-state index in [-0.39, 0.29) is 0 Å². The van der Waals surface area contributed by atoms with Crippen molar-refractivity contribution in [2.24, 2.45) is 10.8 Å². The van der Waals surface area contributed by atoms with Crippen LogP contribution in [-0.4, -0.2) is 50.0 Å². The summed E-state index contributed by atoms with van der Waals surface area (Å²) in [7, 11) is 6.12. The van der Waals surface area contributed by atoms with Crippen LogP contribution in [0.5, 0.6) is 0 Å².